The molecular formula is C24H38N2O4. The van der Waals surface area contributed by atoms with Crippen molar-refractivity contribution in [2.24, 2.45) is 23.5 Å². The first-order chi connectivity index (χ1) is 14.2. The second-order valence-corrected chi connectivity index (χ2v) is 9.54. The highest BCUT2D eigenvalue weighted by Gasteiger charge is 2.41. The summed E-state index contributed by atoms with van der Waals surface area (Å²) in [5.41, 5.74) is 8.64. The highest BCUT2D eigenvalue weighted by molar-refractivity contribution is 5.76. The van der Waals surface area contributed by atoms with Gasteiger partial charge in [0.25, 0.3) is 0 Å². The number of esters is 1. The summed E-state index contributed by atoms with van der Waals surface area (Å²) in [5.74, 6) is 2.18. The molecule has 0 spiro atoms. The first-order valence-electron chi connectivity index (χ1n) is 11.2. The quantitative estimate of drug-likeness (QED) is 0.683. The minimum absolute atomic E-state index is 0.0632. The summed E-state index contributed by atoms with van der Waals surface area (Å²) in [6, 6.07) is 3.84. The number of nitrogens with zero attached hydrogens (tertiary/aromatic N) is 1. The molecule has 0 amide bonds. The molecule has 4 atom stereocenters. The van der Waals surface area contributed by atoms with Crippen LogP contribution < -0.4 is 15.2 Å². The van der Waals surface area contributed by atoms with Gasteiger partial charge in [-0.05, 0) is 47.9 Å². The number of hydrogen-bond acceptors (Lipinski definition) is 6. The second kappa shape index (κ2) is 9.56. The molecule has 1 aromatic rings. The molecule has 3 rings (SSSR count). The van der Waals surface area contributed by atoms with Crippen LogP contribution in [0.4, 0.5) is 0 Å². The molecule has 0 bridgehead atoms. The summed E-state index contributed by atoms with van der Waals surface area (Å²) in [5, 5.41) is 0. The van der Waals surface area contributed by atoms with E-state index in [2.05, 4.69) is 30.9 Å². The third-order valence-electron chi connectivity index (χ3n) is 6.60. The lowest BCUT2D eigenvalue weighted by Gasteiger charge is -2.47. The van der Waals surface area contributed by atoms with Crippen molar-refractivity contribution in [2.75, 3.05) is 27.3 Å². The summed E-state index contributed by atoms with van der Waals surface area (Å²) < 4.78 is 17.1. The van der Waals surface area contributed by atoms with Crippen LogP contribution in [0, 0.1) is 17.8 Å². The van der Waals surface area contributed by atoms with E-state index in [1.165, 1.54) is 11.1 Å². The van der Waals surface area contributed by atoms with Gasteiger partial charge in [-0.2, -0.15) is 0 Å². The molecule has 0 unspecified atom stereocenters. The molecular weight excluding hydrogens is 380 g/mol. The van der Waals surface area contributed by atoms with Crippen LogP contribution in [-0.4, -0.2) is 50.3 Å². The van der Waals surface area contributed by atoms with Gasteiger partial charge in [0, 0.05) is 31.5 Å². The molecule has 0 saturated carbocycles. The molecule has 2 aliphatic rings. The van der Waals surface area contributed by atoms with E-state index in [0.29, 0.717) is 11.8 Å². The molecule has 1 saturated heterocycles. The Morgan fingerprint density at radius 1 is 1.17 bits per heavy atom. The highest BCUT2D eigenvalue weighted by atomic mass is 16.5. The van der Waals surface area contributed by atoms with E-state index in [4.69, 9.17) is 19.9 Å². The fourth-order valence-corrected chi connectivity index (χ4v) is 4.88. The summed E-state index contributed by atoms with van der Waals surface area (Å²) in [6.45, 7) is 10.3. The summed E-state index contributed by atoms with van der Waals surface area (Å²) in [6.07, 6.45) is 2.70. The van der Waals surface area contributed by atoms with Crippen LogP contribution in [0.15, 0.2) is 12.1 Å². The van der Waals surface area contributed by atoms with Gasteiger partial charge < -0.3 is 19.9 Å². The lowest BCUT2D eigenvalue weighted by atomic mass is 9.79. The van der Waals surface area contributed by atoms with Crippen LogP contribution in [0.5, 0.6) is 11.5 Å². The number of rotatable bonds is 7. The van der Waals surface area contributed by atoms with E-state index in [0.717, 1.165) is 43.9 Å². The second-order valence-electron chi connectivity index (χ2n) is 9.54. The molecule has 0 aliphatic carbocycles. The Bertz CT molecular complexity index is 749. The zero-order valence-electron chi connectivity index (χ0n) is 19.3. The Morgan fingerprint density at radius 3 is 2.43 bits per heavy atom. The Balaban J connectivity index is 1.88. The molecule has 2 aliphatic heterocycles. The van der Waals surface area contributed by atoms with E-state index < -0.39 is 6.04 Å². The molecule has 0 aromatic heterocycles. The van der Waals surface area contributed by atoms with Crippen molar-refractivity contribution in [3.8, 4) is 11.5 Å². The average Bonchev–Trinajstić information content (AvgIpc) is 2.71. The zero-order chi connectivity index (χ0) is 22.0. The Morgan fingerprint density at radius 2 is 1.83 bits per heavy atom. The Labute approximate surface area is 181 Å². The molecule has 2 N–H and O–H groups in total. The first kappa shape index (κ1) is 22.9. The summed E-state index contributed by atoms with van der Waals surface area (Å²) in [7, 11) is 3.34. The predicted octanol–water partition coefficient (Wildman–Crippen LogP) is 3.56. The molecule has 6 heteroatoms. The van der Waals surface area contributed by atoms with Crippen molar-refractivity contribution in [2.45, 2.75) is 65.1 Å². The van der Waals surface area contributed by atoms with Gasteiger partial charge in [0.15, 0.2) is 11.5 Å². The number of carbonyl (C=O) groups excluding carboxylic acids is 1. The summed E-state index contributed by atoms with van der Waals surface area (Å²) in [4.78, 5) is 15.2. The normalized spacial score (nSPS) is 24.9. The third-order valence-corrected chi connectivity index (χ3v) is 6.60. The van der Waals surface area contributed by atoms with Crippen LogP contribution in [0.3, 0.4) is 0 Å². The number of fused-ring (bicyclic) bond motifs is 3. The van der Waals surface area contributed by atoms with Gasteiger partial charge in [0.05, 0.1) is 14.2 Å². The van der Waals surface area contributed by atoms with E-state index in [1.54, 1.807) is 14.2 Å². The van der Waals surface area contributed by atoms with Gasteiger partial charge in [-0.25, -0.2) is 0 Å². The lowest BCUT2D eigenvalue weighted by Crippen LogP contribution is -2.51. The predicted molar refractivity (Wildman–Crippen MR) is 118 cm³/mol. The summed E-state index contributed by atoms with van der Waals surface area (Å²) >= 11 is 0. The van der Waals surface area contributed by atoms with Crippen molar-refractivity contribution >= 4 is 5.97 Å². The fourth-order valence-electron chi connectivity index (χ4n) is 4.88. The van der Waals surface area contributed by atoms with E-state index in [1.807, 2.05) is 13.8 Å². The van der Waals surface area contributed by atoms with Gasteiger partial charge in [-0.1, -0.05) is 27.7 Å². The van der Waals surface area contributed by atoms with Gasteiger partial charge >= 0.3 is 5.97 Å². The van der Waals surface area contributed by atoms with Crippen LogP contribution in [0.25, 0.3) is 0 Å². The number of hydrogen-bond donors (Lipinski definition) is 1. The van der Waals surface area contributed by atoms with Crippen molar-refractivity contribution in [3.05, 3.63) is 23.3 Å². The molecule has 1 fully saturated rings. The lowest BCUT2D eigenvalue weighted by molar-refractivity contribution is -0.160. The molecule has 30 heavy (non-hydrogen) atoms. The monoisotopic (exact) mass is 418 g/mol. The number of benzene rings is 1. The van der Waals surface area contributed by atoms with Gasteiger partial charge in [0.2, 0.25) is 0 Å². The number of nitrogens with two attached hydrogens (primary N) is 1. The van der Waals surface area contributed by atoms with Crippen molar-refractivity contribution in [1.29, 1.82) is 0 Å². The third kappa shape index (κ3) is 4.75. The van der Waals surface area contributed by atoms with Crippen LogP contribution in [0.2, 0.25) is 0 Å². The SMILES string of the molecule is COc1cc2c(cc1OC)[C@@H]1C[C@@H](OC(=O)[C@@H](N)C(C)C)[C@H](CC(C)C)CN1CC2. The Hall–Kier alpha value is -1.79. The minimum Gasteiger partial charge on any atom is -0.493 e. The molecule has 2 heterocycles. The highest BCUT2D eigenvalue weighted by Crippen LogP contribution is 2.44. The molecule has 0 radical (unpaired) electrons. The van der Waals surface area contributed by atoms with E-state index >= 15 is 0 Å². The smallest absolute Gasteiger partial charge is 0.323 e. The first-order valence-corrected chi connectivity index (χ1v) is 11.2. The number of carbonyl (C=O) groups is 1. The van der Waals surface area contributed by atoms with E-state index in [9.17, 15) is 4.79 Å². The van der Waals surface area contributed by atoms with Crippen LogP contribution in [-0.2, 0) is 16.0 Å². The van der Waals surface area contributed by atoms with Crippen molar-refractivity contribution in [1.82, 2.24) is 4.90 Å². The topological polar surface area (TPSA) is 74.0 Å². The Kier molecular flexibility index (Phi) is 7.30. The van der Waals surface area contributed by atoms with E-state index in [-0.39, 0.29) is 24.0 Å². The average molecular weight is 419 g/mol. The fraction of sp³-hybridized carbons (Fsp3) is 0.708. The maximum Gasteiger partial charge on any atom is 0.323 e. The molecule has 6 nitrogen and oxygen atoms in total. The van der Waals surface area contributed by atoms with Crippen molar-refractivity contribution < 1.29 is 19.0 Å². The largest absolute Gasteiger partial charge is 0.493 e. The minimum atomic E-state index is -0.578. The van der Waals surface area contributed by atoms with Crippen LogP contribution in [0.1, 0.15) is 57.7 Å². The van der Waals surface area contributed by atoms with Gasteiger partial charge in [-0.15, -0.1) is 0 Å². The maximum atomic E-state index is 12.7. The van der Waals surface area contributed by atoms with Crippen LogP contribution >= 0.6 is 0 Å². The maximum absolute atomic E-state index is 12.7. The molecule has 168 valence electrons. The van der Waals surface area contributed by atoms with Gasteiger partial charge in [0.1, 0.15) is 12.1 Å². The number of piperidine rings is 1. The molecule has 1 aromatic carbocycles. The standard InChI is InChI=1S/C24H38N2O4/c1-14(2)9-17-13-26-8-7-16-10-21(28-5)22(29-6)11-18(16)19(26)12-20(17)30-24(27)23(25)15(3)4/h10-11,14-15,17,19-20,23H,7-9,12-13,25H2,1-6H3/t17-,19+,20-,23+/m1/s1. The number of ether oxygens (including phenoxy) is 3. The van der Waals surface area contributed by atoms with Gasteiger partial charge in [-0.3, -0.25) is 9.69 Å². The number of methoxy groups -OCH3 is 2. The zero-order valence-corrected chi connectivity index (χ0v) is 19.3. The van der Waals surface area contributed by atoms with Crippen molar-refractivity contribution in [3.63, 3.8) is 0 Å².